The van der Waals surface area contributed by atoms with Gasteiger partial charge in [0.2, 0.25) is 10.0 Å². The van der Waals surface area contributed by atoms with Gasteiger partial charge in [0.1, 0.15) is 17.7 Å². The number of nitrogens with zero attached hydrogens (tertiary/aromatic N) is 3. The monoisotopic (exact) mass is 450 g/mol. The highest BCUT2D eigenvalue weighted by atomic mass is 35.5. The molecule has 0 radical (unpaired) electrons. The summed E-state index contributed by atoms with van der Waals surface area (Å²) in [7, 11) is 0.729. The van der Waals surface area contributed by atoms with E-state index in [-0.39, 0.29) is 21.0 Å². The minimum atomic E-state index is -3.77. The van der Waals surface area contributed by atoms with Crippen molar-refractivity contribution >= 4 is 27.5 Å². The van der Waals surface area contributed by atoms with E-state index in [0.29, 0.717) is 5.82 Å². The number of sulfonamides is 1. The van der Waals surface area contributed by atoms with Crippen LogP contribution in [-0.4, -0.2) is 42.3 Å². The topological polar surface area (TPSA) is 84.3 Å². The van der Waals surface area contributed by atoms with Crippen molar-refractivity contribution in [3.63, 3.8) is 0 Å². The Balaban J connectivity index is 2.04. The quantitative estimate of drug-likeness (QED) is 0.625. The van der Waals surface area contributed by atoms with Gasteiger partial charge < -0.3 is 9.88 Å². The van der Waals surface area contributed by atoms with Crippen molar-refractivity contribution in [1.82, 2.24) is 19.2 Å². The fourth-order valence-corrected chi connectivity index (χ4v) is 4.04. The van der Waals surface area contributed by atoms with Gasteiger partial charge in [0, 0.05) is 39.1 Å². The molecule has 0 bridgehead atoms. The third kappa shape index (κ3) is 4.23. The van der Waals surface area contributed by atoms with Crippen LogP contribution in [0.15, 0.2) is 59.8 Å². The lowest BCUT2D eigenvalue weighted by atomic mass is 10.0. The smallest absolute Gasteiger partial charge is 0.253 e. The molecule has 3 aromatic rings. The fraction of sp³-hybridized carbons (Fsp3) is 0.200. The Kier molecular flexibility index (Phi) is 6.25. The van der Waals surface area contributed by atoms with E-state index in [0.717, 1.165) is 4.31 Å². The number of rotatable bonds is 6. The minimum absolute atomic E-state index is 0.0462. The first-order valence-electron chi connectivity index (χ1n) is 8.87. The molecule has 7 nitrogen and oxygen atoms in total. The Bertz CT molecular complexity index is 1190. The van der Waals surface area contributed by atoms with E-state index in [2.05, 4.69) is 10.3 Å². The molecule has 0 aliphatic heterocycles. The highest BCUT2D eigenvalue weighted by Gasteiger charge is 2.26. The number of benzene rings is 2. The number of aromatic nitrogens is 2. The number of imidazole rings is 1. The van der Waals surface area contributed by atoms with E-state index in [9.17, 15) is 17.6 Å². The molecular weight excluding hydrogens is 431 g/mol. The second kappa shape index (κ2) is 8.55. The maximum Gasteiger partial charge on any atom is 0.253 e. The van der Waals surface area contributed by atoms with E-state index in [1.165, 1.54) is 44.6 Å². The van der Waals surface area contributed by atoms with Crippen molar-refractivity contribution in [2.45, 2.75) is 10.9 Å². The van der Waals surface area contributed by atoms with Crippen LogP contribution in [0, 0.1) is 5.82 Å². The van der Waals surface area contributed by atoms with Crippen LogP contribution in [-0.2, 0) is 17.1 Å². The molecule has 0 fully saturated rings. The van der Waals surface area contributed by atoms with Crippen LogP contribution in [0.1, 0.15) is 27.8 Å². The van der Waals surface area contributed by atoms with Crippen molar-refractivity contribution < 1.29 is 17.6 Å². The van der Waals surface area contributed by atoms with Crippen molar-refractivity contribution in [2.24, 2.45) is 7.05 Å². The zero-order chi connectivity index (χ0) is 22.1. The van der Waals surface area contributed by atoms with Crippen LogP contribution in [0.25, 0.3) is 0 Å². The van der Waals surface area contributed by atoms with Gasteiger partial charge in [-0.05, 0) is 24.3 Å². The van der Waals surface area contributed by atoms with Crippen LogP contribution in [0.3, 0.4) is 0 Å². The highest BCUT2D eigenvalue weighted by molar-refractivity contribution is 7.89. The lowest BCUT2D eigenvalue weighted by molar-refractivity contribution is 0.0940. The summed E-state index contributed by atoms with van der Waals surface area (Å²) in [6.45, 7) is 0. The first-order chi connectivity index (χ1) is 14.1. The van der Waals surface area contributed by atoms with Crippen LogP contribution < -0.4 is 5.32 Å². The third-order valence-electron chi connectivity index (χ3n) is 4.57. The van der Waals surface area contributed by atoms with Crippen LogP contribution in [0.2, 0.25) is 5.02 Å². The average molecular weight is 451 g/mol. The van der Waals surface area contributed by atoms with Gasteiger partial charge >= 0.3 is 0 Å². The SMILES string of the molecule is CN(C)S(=O)(=O)c1ccc(Cl)c(C(=O)NC(c2ccccc2F)c2nccn2C)c1. The predicted molar refractivity (Wildman–Crippen MR) is 111 cm³/mol. The molecule has 1 heterocycles. The normalized spacial score (nSPS) is 12.7. The van der Waals surface area contributed by atoms with E-state index < -0.39 is 27.8 Å². The zero-order valence-corrected chi connectivity index (χ0v) is 18.1. The maximum atomic E-state index is 14.5. The second-order valence-electron chi connectivity index (χ2n) is 6.75. The number of nitrogens with one attached hydrogen (secondary N) is 1. The molecule has 1 N–H and O–H groups in total. The molecule has 30 heavy (non-hydrogen) atoms. The van der Waals surface area contributed by atoms with Gasteiger partial charge in [0.15, 0.2) is 0 Å². The zero-order valence-electron chi connectivity index (χ0n) is 16.5. The summed E-state index contributed by atoms with van der Waals surface area (Å²) in [4.78, 5) is 17.2. The first-order valence-corrected chi connectivity index (χ1v) is 10.7. The molecular formula is C20H20ClFN4O3S. The van der Waals surface area contributed by atoms with E-state index in [1.54, 1.807) is 36.0 Å². The molecule has 0 saturated heterocycles. The summed E-state index contributed by atoms with van der Waals surface area (Å²) in [6.07, 6.45) is 3.21. The van der Waals surface area contributed by atoms with Gasteiger partial charge in [-0.15, -0.1) is 0 Å². The number of halogens is 2. The number of amides is 1. The highest BCUT2D eigenvalue weighted by Crippen LogP contribution is 2.26. The largest absolute Gasteiger partial charge is 0.338 e. The standard InChI is InChI=1S/C20H20ClFN4O3S/c1-25(2)30(28,29)13-8-9-16(21)15(12-13)20(27)24-18(19-23-10-11-26(19)3)14-6-4-5-7-17(14)22/h4-12,18H,1-3H3,(H,24,27). The maximum absolute atomic E-state index is 14.5. The van der Waals surface area contributed by atoms with Crippen LogP contribution in [0.4, 0.5) is 4.39 Å². The molecule has 3 rings (SSSR count). The molecule has 10 heteroatoms. The molecule has 1 amide bonds. The Morgan fingerprint density at radius 1 is 1.23 bits per heavy atom. The predicted octanol–water partition coefficient (Wildman–Crippen LogP) is 2.98. The summed E-state index contributed by atoms with van der Waals surface area (Å²) in [5.41, 5.74) is 0.170. The molecule has 0 spiro atoms. The van der Waals surface area contributed by atoms with Gasteiger partial charge in [0.05, 0.1) is 15.5 Å². The molecule has 1 atom stereocenters. The van der Waals surface area contributed by atoms with E-state index in [4.69, 9.17) is 11.6 Å². The molecule has 1 unspecified atom stereocenters. The van der Waals surface area contributed by atoms with Gasteiger partial charge in [-0.1, -0.05) is 29.8 Å². The Morgan fingerprint density at radius 2 is 1.93 bits per heavy atom. The number of aryl methyl sites for hydroxylation is 1. The summed E-state index contributed by atoms with van der Waals surface area (Å²) >= 11 is 6.17. The van der Waals surface area contributed by atoms with Gasteiger partial charge in [0.25, 0.3) is 5.91 Å². The summed E-state index contributed by atoms with van der Waals surface area (Å²) < 4.78 is 42.1. The molecule has 0 aliphatic carbocycles. The van der Waals surface area contributed by atoms with Crippen molar-refractivity contribution in [2.75, 3.05) is 14.1 Å². The molecule has 0 saturated carbocycles. The van der Waals surface area contributed by atoms with Gasteiger partial charge in [-0.25, -0.2) is 22.1 Å². The summed E-state index contributed by atoms with van der Waals surface area (Å²) in [5, 5.41) is 2.79. The molecule has 2 aromatic carbocycles. The first kappa shape index (κ1) is 21.9. The van der Waals surface area contributed by atoms with Gasteiger partial charge in [-0.3, -0.25) is 4.79 Å². The van der Waals surface area contributed by atoms with Crippen molar-refractivity contribution in [3.05, 3.63) is 82.6 Å². The van der Waals surface area contributed by atoms with E-state index >= 15 is 0 Å². The lowest BCUT2D eigenvalue weighted by Crippen LogP contribution is -2.32. The number of carbonyl (C=O) groups excluding carboxylic acids is 1. The van der Waals surface area contributed by atoms with Crippen molar-refractivity contribution in [1.29, 1.82) is 0 Å². The third-order valence-corrected chi connectivity index (χ3v) is 6.71. The number of carbonyl (C=O) groups is 1. The summed E-state index contributed by atoms with van der Waals surface area (Å²) in [6, 6.07) is 8.97. The number of hydrogen-bond acceptors (Lipinski definition) is 4. The summed E-state index contributed by atoms with van der Waals surface area (Å²) in [5.74, 6) is -0.769. The van der Waals surface area contributed by atoms with Gasteiger partial charge in [-0.2, -0.15) is 0 Å². The average Bonchev–Trinajstić information content (AvgIpc) is 3.12. The van der Waals surface area contributed by atoms with Crippen molar-refractivity contribution in [3.8, 4) is 0 Å². The second-order valence-corrected chi connectivity index (χ2v) is 9.31. The Labute approximate surface area is 179 Å². The fourth-order valence-electron chi connectivity index (χ4n) is 2.90. The van der Waals surface area contributed by atoms with Crippen LogP contribution in [0.5, 0.6) is 0 Å². The lowest BCUT2D eigenvalue weighted by Gasteiger charge is -2.20. The Hall–Kier alpha value is -2.75. The minimum Gasteiger partial charge on any atom is -0.338 e. The van der Waals surface area contributed by atoms with Crippen LogP contribution >= 0.6 is 11.6 Å². The number of hydrogen-bond donors (Lipinski definition) is 1. The molecule has 1 aromatic heterocycles. The molecule has 0 aliphatic rings. The van der Waals surface area contributed by atoms with E-state index in [1.807, 2.05) is 0 Å². The molecule has 158 valence electrons. The Morgan fingerprint density at radius 3 is 2.53 bits per heavy atom.